The van der Waals surface area contributed by atoms with Crippen LogP contribution < -0.4 is 4.90 Å². The molecule has 3 saturated heterocycles. The van der Waals surface area contributed by atoms with Gasteiger partial charge in [-0.2, -0.15) is 0 Å². The van der Waals surface area contributed by atoms with Crippen molar-refractivity contribution < 1.29 is 9.53 Å². The van der Waals surface area contributed by atoms with Crippen LogP contribution in [0.25, 0.3) is 0 Å². The molecule has 5 heteroatoms. The molecule has 0 aromatic heterocycles. The molecule has 4 rings (SSSR count). The molecule has 0 aliphatic carbocycles. The Morgan fingerprint density at radius 1 is 0.846 bits per heavy atom. The van der Waals surface area contributed by atoms with Gasteiger partial charge in [0.05, 0.1) is 13.2 Å². The molecule has 0 spiro atoms. The van der Waals surface area contributed by atoms with Crippen LogP contribution in [-0.4, -0.2) is 74.2 Å². The first-order chi connectivity index (χ1) is 12.8. The van der Waals surface area contributed by atoms with Crippen LogP contribution >= 0.6 is 0 Å². The first-order valence-corrected chi connectivity index (χ1v) is 10.3. The minimum atomic E-state index is 0.129. The molecule has 1 aromatic carbocycles. The van der Waals surface area contributed by atoms with Gasteiger partial charge in [0.1, 0.15) is 0 Å². The second-order valence-electron chi connectivity index (χ2n) is 7.77. The summed E-state index contributed by atoms with van der Waals surface area (Å²) in [6.45, 7) is 7.53. The van der Waals surface area contributed by atoms with Crippen molar-refractivity contribution in [1.82, 2.24) is 9.80 Å². The second kappa shape index (κ2) is 8.40. The van der Waals surface area contributed by atoms with Gasteiger partial charge in [-0.1, -0.05) is 0 Å². The molecule has 5 nitrogen and oxygen atoms in total. The summed E-state index contributed by atoms with van der Waals surface area (Å²) in [5, 5.41) is 0. The number of rotatable bonds is 3. The zero-order chi connectivity index (χ0) is 17.8. The number of morpholine rings is 1. The molecule has 0 saturated carbocycles. The quantitative estimate of drug-likeness (QED) is 0.833. The van der Waals surface area contributed by atoms with Crippen molar-refractivity contribution >= 4 is 11.6 Å². The number of carbonyl (C=O) groups is 1. The molecule has 3 aliphatic rings. The third-order valence-corrected chi connectivity index (χ3v) is 6.13. The number of ether oxygens (including phenoxy) is 1. The third-order valence-electron chi connectivity index (χ3n) is 6.13. The number of benzene rings is 1. The maximum Gasteiger partial charge on any atom is 0.254 e. The Hall–Kier alpha value is -1.59. The average molecular weight is 357 g/mol. The van der Waals surface area contributed by atoms with Crippen molar-refractivity contribution in [3.63, 3.8) is 0 Å². The van der Waals surface area contributed by atoms with E-state index in [-0.39, 0.29) is 5.91 Å². The Morgan fingerprint density at radius 3 is 2.31 bits per heavy atom. The van der Waals surface area contributed by atoms with Crippen LogP contribution in [0.15, 0.2) is 24.3 Å². The van der Waals surface area contributed by atoms with Crippen molar-refractivity contribution in [2.45, 2.75) is 38.1 Å². The summed E-state index contributed by atoms with van der Waals surface area (Å²) in [6.07, 6.45) is 6.59. The summed E-state index contributed by atoms with van der Waals surface area (Å²) < 4.78 is 5.34. The third kappa shape index (κ3) is 4.04. The monoisotopic (exact) mass is 357 g/mol. The average Bonchev–Trinajstić information content (AvgIpc) is 3.13. The standard InChI is InChI=1S/C21H31N3O2/c25-21(24-14-16-26-17-15-24)18-5-7-20(8-6-18)23-12-3-4-19(9-13-23)22-10-1-2-11-22/h5-8,19H,1-4,9-17H2. The molecule has 0 bridgehead atoms. The minimum absolute atomic E-state index is 0.129. The molecule has 0 radical (unpaired) electrons. The van der Waals surface area contributed by atoms with Crippen LogP contribution in [0.3, 0.4) is 0 Å². The van der Waals surface area contributed by atoms with Gasteiger partial charge in [-0.3, -0.25) is 4.79 Å². The molecule has 1 amide bonds. The number of hydrogen-bond donors (Lipinski definition) is 0. The summed E-state index contributed by atoms with van der Waals surface area (Å²) >= 11 is 0. The van der Waals surface area contributed by atoms with Crippen LogP contribution in [0.5, 0.6) is 0 Å². The lowest BCUT2D eigenvalue weighted by atomic mass is 10.1. The summed E-state index contributed by atoms with van der Waals surface area (Å²) in [6, 6.07) is 9.02. The van der Waals surface area contributed by atoms with Crippen LogP contribution in [-0.2, 0) is 4.74 Å². The molecule has 3 aliphatic heterocycles. The normalized spacial score (nSPS) is 25.3. The predicted molar refractivity (Wildman–Crippen MR) is 104 cm³/mol. The van der Waals surface area contributed by atoms with E-state index in [1.807, 2.05) is 17.0 Å². The van der Waals surface area contributed by atoms with Gasteiger partial charge in [-0.25, -0.2) is 0 Å². The predicted octanol–water partition coefficient (Wildman–Crippen LogP) is 2.61. The second-order valence-corrected chi connectivity index (χ2v) is 7.77. The molecule has 26 heavy (non-hydrogen) atoms. The van der Waals surface area contributed by atoms with E-state index in [1.54, 1.807) is 0 Å². The zero-order valence-electron chi connectivity index (χ0n) is 15.7. The maximum atomic E-state index is 12.6. The van der Waals surface area contributed by atoms with Crippen molar-refractivity contribution in [2.24, 2.45) is 0 Å². The number of nitrogens with zero attached hydrogens (tertiary/aromatic N) is 3. The molecule has 3 fully saturated rings. The molecular weight excluding hydrogens is 326 g/mol. The van der Waals surface area contributed by atoms with E-state index < -0.39 is 0 Å². The van der Waals surface area contributed by atoms with Crippen molar-refractivity contribution in [3.8, 4) is 0 Å². The van der Waals surface area contributed by atoms with E-state index in [4.69, 9.17) is 4.74 Å². The van der Waals surface area contributed by atoms with E-state index in [0.717, 1.165) is 24.7 Å². The highest BCUT2D eigenvalue weighted by Gasteiger charge is 2.25. The number of likely N-dealkylation sites (tertiary alicyclic amines) is 1. The Morgan fingerprint density at radius 2 is 1.58 bits per heavy atom. The van der Waals surface area contributed by atoms with Crippen LogP contribution in [0, 0.1) is 0 Å². The first kappa shape index (κ1) is 17.8. The molecule has 1 unspecified atom stereocenters. The summed E-state index contributed by atoms with van der Waals surface area (Å²) in [5.74, 6) is 0.129. The lowest BCUT2D eigenvalue weighted by molar-refractivity contribution is 0.0303. The Labute approximate surface area is 156 Å². The van der Waals surface area contributed by atoms with Crippen molar-refractivity contribution in [3.05, 3.63) is 29.8 Å². The number of anilines is 1. The summed E-state index contributed by atoms with van der Waals surface area (Å²) in [7, 11) is 0. The lowest BCUT2D eigenvalue weighted by Crippen LogP contribution is -2.40. The van der Waals surface area contributed by atoms with Gasteiger partial charge in [-0.05, 0) is 69.5 Å². The molecule has 0 N–H and O–H groups in total. The SMILES string of the molecule is O=C(c1ccc(N2CCCC(N3CCCC3)CC2)cc1)N1CCOCC1. The molecule has 1 atom stereocenters. The van der Waals surface area contributed by atoms with Gasteiger partial charge in [0.2, 0.25) is 0 Å². The van der Waals surface area contributed by atoms with Crippen LogP contribution in [0.4, 0.5) is 5.69 Å². The maximum absolute atomic E-state index is 12.6. The van der Waals surface area contributed by atoms with Gasteiger partial charge in [0, 0.05) is 43.5 Å². The molecular formula is C21H31N3O2. The van der Waals surface area contributed by atoms with Gasteiger partial charge < -0.3 is 19.4 Å². The highest BCUT2D eigenvalue weighted by molar-refractivity contribution is 5.94. The minimum Gasteiger partial charge on any atom is -0.378 e. The van der Waals surface area contributed by atoms with E-state index in [9.17, 15) is 4.79 Å². The van der Waals surface area contributed by atoms with E-state index in [0.29, 0.717) is 26.3 Å². The van der Waals surface area contributed by atoms with E-state index >= 15 is 0 Å². The van der Waals surface area contributed by atoms with Crippen molar-refractivity contribution in [2.75, 3.05) is 57.4 Å². The lowest BCUT2D eigenvalue weighted by Gasteiger charge is -2.28. The Balaban J connectivity index is 1.36. The molecule has 1 aromatic rings. The fourth-order valence-electron chi connectivity index (χ4n) is 4.57. The van der Waals surface area contributed by atoms with E-state index in [1.165, 1.54) is 50.9 Å². The van der Waals surface area contributed by atoms with Crippen LogP contribution in [0.1, 0.15) is 42.5 Å². The Kier molecular flexibility index (Phi) is 5.75. The van der Waals surface area contributed by atoms with Crippen LogP contribution in [0.2, 0.25) is 0 Å². The summed E-state index contributed by atoms with van der Waals surface area (Å²) in [5.41, 5.74) is 2.05. The van der Waals surface area contributed by atoms with Gasteiger partial charge in [0.25, 0.3) is 5.91 Å². The fourth-order valence-corrected chi connectivity index (χ4v) is 4.57. The highest BCUT2D eigenvalue weighted by atomic mass is 16.5. The number of hydrogen-bond acceptors (Lipinski definition) is 4. The fraction of sp³-hybridized carbons (Fsp3) is 0.667. The smallest absolute Gasteiger partial charge is 0.254 e. The first-order valence-electron chi connectivity index (χ1n) is 10.3. The van der Waals surface area contributed by atoms with Gasteiger partial charge in [0.15, 0.2) is 0 Å². The largest absolute Gasteiger partial charge is 0.378 e. The topological polar surface area (TPSA) is 36.0 Å². The van der Waals surface area contributed by atoms with E-state index in [2.05, 4.69) is 21.9 Å². The molecule has 142 valence electrons. The Bertz CT molecular complexity index is 592. The highest BCUT2D eigenvalue weighted by Crippen LogP contribution is 2.25. The number of amides is 1. The van der Waals surface area contributed by atoms with Gasteiger partial charge in [-0.15, -0.1) is 0 Å². The molecule has 3 heterocycles. The van der Waals surface area contributed by atoms with Crippen molar-refractivity contribution in [1.29, 1.82) is 0 Å². The zero-order valence-corrected chi connectivity index (χ0v) is 15.7. The number of carbonyl (C=O) groups excluding carboxylic acids is 1. The van der Waals surface area contributed by atoms with Gasteiger partial charge >= 0.3 is 0 Å². The summed E-state index contributed by atoms with van der Waals surface area (Å²) in [4.78, 5) is 19.7.